The molecule has 0 aliphatic heterocycles. The number of benzene rings is 2. The maximum absolute atomic E-state index is 11.7. The molecule has 0 aromatic heterocycles. The standard InChI is InChI=1S/C18H20N2O5/c1-13-7-9-14(10-8-13)24-11-17(21)19-20-18(22)12-25-16-6-4-3-5-15(16)23-2/h3-10H,11-12H2,1-2H3,(H,19,21)(H,20,22). The summed E-state index contributed by atoms with van der Waals surface area (Å²) in [6.45, 7) is 1.48. The summed E-state index contributed by atoms with van der Waals surface area (Å²) in [6.07, 6.45) is 0. The molecule has 2 amide bonds. The van der Waals surface area contributed by atoms with Gasteiger partial charge in [-0.15, -0.1) is 0 Å². The Hall–Kier alpha value is -3.22. The second kappa shape index (κ2) is 9.17. The van der Waals surface area contributed by atoms with Gasteiger partial charge in [0.05, 0.1) is 7.11 Å². The first kappa shape index (κ1) is 18.1. The van der Waals surface area contributed by atoms with E-state index in [4.69, 9.17) is 14.2 Å². The molecular weight excluding hydrogens is 324 g/mol. The van der Waals surface area contributed by atoms with Crippen LogP contribution in [0.4, 0.5) is 0 Å². The molecule has 0 atom stereocenters. The largest absolute Gasteiger partial charge is 0.493 e. The number of carbonyl (C=O) groups excluding carboxylic acids is 2. The van der Waals surface area contributed by atoms with Crippen molar-refractivity contribution in [3.63, 3.8) is 0 Å². The van der Waals surface area contributed by atoms with E-state index in [1.807, 2.05) is 19.1 Å². The molecule has 0 bridgehead atoms. The molecule has 0 aliphatic carbocycles. The summed E-state index contributed by atoms with van der Waals surface area (Å²) in [5, 5.41) is 0. The molecule has 0 unspecified atom stereocenters. The second-order valence-corrected chi connectivity index (χ2v) is 5.14. The first-order valence-corrected chi connectivity index (χ1v) is 7.61. The van der Waals surface area contributed by atoms with Gasteiger partial charge in [-0.2, -0.15) is 0 Å². The number of nitrogens with one attached hydrogen (secondary N) is 2. The Labute approximate surface area is 145 Å². The van der Waals surface area contributed by atoms with Gasteiger partial charge in [0.1, 0.15) is 5.75 Å². The number of methoxy groups -OCH3 is 1. The quantitative estimate of drug-likeness (QED) is 0.745. The summed E-state index contributed by atoms with van der Waals surface area (Å²) >= 11 is 0. The molecule has 0 saturated carbocycles. The lowest BCUT2D eigenvalue weighted by Gasteiger charge is -2.11. The summed E-state index contributed by atoms with van der Waals surface area (Å²) < 4.78 is 15.8. The van der Waals surface area contributed by atoms with Crippen molar-refractivity contribution in [1.82, 2.24) is 10.9 Å². The van der Waals surface area contributed by atoms with Crippen molar-refractivity contribution in [3.8, 4) is 17.2 Å². The molecule has 0 fully saturated rings. The molecule has 25 heavy (non-hydrogen) atoms. The van der Waals surface area contributed by atoms with Crippen LogP contribution in [-0.4, -0.2) is 32.1 Å². The van der Waals surface area contributed by atoms with E-state index in [0.717, 1.165) is 5.56 Å². The van der Waals surface area contributed by atoms with Crippen molar-refractivity contribution in [1.29, 1.82) is 0 Å². The highest BCUT2D eigenvalue weighted by atomic mass is 16.5. The van der Waals surface area contributed by atoms with E-state index in [2.05, 4.69) is 10.9 Å². The minimum Gasteiger partial charge on any atom is -0.493 e. The molecule has 0 saturated heterocycles. The molecule has 2 N–H and O–H groups in total. The van der Waals surface area contributed by atoms with Gasteiger partial charge in [-0.05, 0) is 31.2 Å². The fourth-order valence-electron chi connectivity index (χ4n) is 1.88. The van der Waals surface area contributed by atoms with Gasteiger partial charge in [-0.3, -0.25) is 20.4 Å². The van der Waals surface area contributed by atoms with Gasteiger partial charge >= 0.3 is 0 Å². The van der Waals surface area contributed by atoms with Crippen molar-refractivity contribution in [2.45, 2.75) is 6.92 Å². The van der Waals surface area contributed by atoms with Crippen molar-refractivity contribution in [3.05, 3.63) is 54.1 Å². The topological polar surface area (TPSA) is 85.9 Å². The molecule has 2 aromatic carbocycles. The molecule has 2 rings (SSSR count). The maximum atomic E-state index is 11.7. The van der Waals surface area contributed by atoms with Crippen LogP contribution in [0.5, 0.6) is 17.2 Å². The van der Waals surface area contributed by atoms with Gasteiger partial charge in [0.25, 0.3) is 11.8 Å². The average Bonchev–Trinajstić information content (AvgIpc) is 2.64. The third-order valence-electron chi connectivity index (χ3n) is 3.16. The fourth-order valence-corrected chi connectivity index (χ4v) is 1.88. The van der Waals surface area contributed by atoms with Crippen LogP contribution in [-0.2, 0) is 9.59 Å². The normalized spacial score (nSPS) is 9.84. The number of hydrazine groups is 1. The Bertz CT molecular complexity index is 716. The van der Waals surface area contributed by atoms with Crippen molar-refractivity contribution >= 4 is 11.8 Å². The Morgan fingerprint density at radius 3 is 2.00 bits per heavy atom. The first-order chi connectivity index (χ1) is 12.1. The number of hydrogen-bond donors (Lipinski definition) is 2. The zero-order chi connectivity index (χ0) is 18.1. The van der Waals surface area contributed by atoms with Crippen LogP contribution in [0.15, 0.2) is 48.5 Å². The maximum Gasteiger partial charge on any atom is 0.276 e. The Morgan fingerprint density at radius 1 is 0.840 bits per heavy atom. The summed E-state index contributed by atoms with van der Waals surface area (Å²) in [4.78, 5) is 23.4. The minimum atomic E-state index is -0.505. The molecule has 7 heteroatoms. The predicted molar refractivity (Wildman–Crippen MR) is 91.4 cm³/mol. The highest BCUT2D eigenvalue weighted by Gasteiger charge is 2.08. The number of ether oxygens (including phenoxy) is 3. The number of rotatable bonds is 7. The van der Waals surface area contributed by atoms with Crippen molar-refractivity contribution in [2.75, 3.05) is 20.3 Å². The summed E-state index contributed by atoms with van der Waals surface area (Å²) in [6, 6.07) is 14.2. The molecule has 0 heterocycles. The van der Waals surface area contributed by atoms with Crippen LogP contribution in [0, 0.1) is 6.92 Å². The molecule has 7 nitrogen and oxygen atoms in total. The molecule has 0 spiro atoms. The van der Waals surface area contributed by atoms with E-state index in [9.17, 15) is 9.59 Å². The summed E-state index contributed by atoms with van der Waals surface area (Å²) in [5.74, 6) is 0.549. The predicted octanol–water partition coefficient (Wildman–Crippen LogP) is 1.61. The summed E-state index contributed by atoms with van der Waals surface area (Å²) in [7, 11) is 1.51. The van der Waals surface area contributed by atoms with E-state index in [1.54, 1.807) is 36.4 Å². The lowest BCUT2D eigenvalue weighted by Crippen LogP contribution is -2.45. The van der Waals surface area contributed by atoms with E-state index < -0.39 is 11.8 Å². The number of carbonyl (C=O) groups is 2. The Balaban J connectivity index is 1.68. The van der Waals surface area contributed by atoms with Gasteiger partial charge in [0.15, 0.2) is 24.7 Å². The highest BCUT2D eigenvalue weighted by Crippen LogP contribution is 2.25. The van der Waals surface area contributed by atoms with E-state index in [-0.39, 0.29) is 13.2 Å². The molecule has 0 aliphatic rings. The van der Waals surface area contributed by atoms with Crippen LogP contribution in [0.2, 0.25) is 0 Å². The molecule has 132 valence electrons. The molecule has 0 radical (unpaired) electrons. The highest BCUT2D eigenvalue weighted by molar-refractivity contribution is 5.83. The lowest BCUT2D eigenvalue weighted by molar-refractivity contribution is -0.131. The van der Waals surface area contributed by atoms with Gasteiger partial charge in [0.2, 0.25) is 0 Å². The first-order valence-electron chi connectivity index (χ1n) is 7.61. The molecule has 2 aromatic rings. The van der Waals surface area contributed by atoms with E-state index in [1.165, 1.54) is 7.11 Å². The monoisotopic (exact) mass is 344 g/mol. The van der Waals surface area contributed by atoms with E-state index >= 15 is 0 Å². The van der Waals surface area contributed by atoms with Crippen LogP contribution >= 0.6 is 0 Å². The third kappa shape index (κ3) is 6.06. The number of aryl methyl sites for hydroxylation is 1. The van der Waals surface area contributed by atoms with Crippen LogP contribution < -0.4 is 25.1 Å². The SMILES string of the molecule is COc1ccccc1OCC(=O)NNC(=O)COc1ccc(C)cc1. The van der Waals surface area contributed by atoms with Crippen molar-refractivity contribution < 1.29 is 23.8 Å². The zero-order valence-electron chi connectivity index (χ0n) is 14.1. The van der Waals surface area contributed by atoms with E-state index in [0.29, 0.717) is 17.2 Å². The second-order valence-electron chi connectivity index (χ2n) is 5.14. The molecular formula is C18H20N2O5. The Morgan fingerprint density at radius 2 is 1.40 bits per heavy atom. The Kier molecular flexibility index (Phi) is 6.65. The van der Waals surface area contributed by atoms with Gasteiger partial charge in [-0.25, -0.2) is 0 Å². The minimum absolute atomic E-state index is 0.212. The summed E-state index contributed by atoms with van der Waals surface area (Å²) in [5.41, 5.74) is 5.60. The number of para-hydroxylation sites is 2. The van der Waals surface area contributed by atoms with Crippen LogP contribution in [0.1, 0.15) is 5.56 Å². The zero-order valence-corrected chi connectivity index (χ0v) is 14.1. The number of amides is 2. The average molecular weight is 344 g/mol. The number of hydrogen-bond acceptors (Lipinski definition) is 5. The van der Waals surface area contributed by atoms with Gasteiger partial charge < -0.3 is 14.2 Å². The van der Waals surface area contributed by atoms with Crippen molar-refractivity contribution in [2.24, 2.45) is 0 Å². The van der Waals surface area contributed by atoms with Crippen LogP contribution in [0.25, 0.3) is 0 Å². The lowest BCUT2D eigenvalue weighted by atomic mass is 10.2. The van der Waals surface area contributed by atoms with Gasteiger partial charge in [-0.1, -0.05) is 29.8 Å². The fraction of sp³-hybridized carbons (Fsp3) is 0.222. The van der Waals surface area contributed by atoms with Crippen LogP contribution in [0.3, 0.4) is 0 Å². The van der Waals surface area contributed by atoms with Gasteiger partial charge in [0, 0.05) is 0 Å². The third-order valence-corrected chi connectivity index (χ3v) is 3.16. The smallest absolute Gasteiger partial charge is 0.276 e.